The van der Waals surface area contributed by atoms with E-state index >= 15 is 0 Å². The topological polar surface area (TPSA) is 15.3 Å². The Bertz CT molecular complexity index is 211. The van der Waals surface area contributed by atoms with Gasteiger partial charge in [0.2, 0.25) is 0 Å². The minimum atomic E-state index is 0.481. The van der Waals surface area contributed by atoms with Crippen LogP contribution in [0.4, 0.5) is 0 Å². The summed E-state index contributed by atoms with van der Waals surface area (Å²) in [6.45, 7) is 10.8. The van der Waals surface area contributed by atoms with Crippen LogP contribution in [0.15, 0.2) is 0 Å². The highest BCUT2D eigenvalue weighted by Crippen LogP contribution is 2.36. The van der Waals surface area contributed by atoms with Crippen LogP contribution >= 0.6 is 0 Å². The Hall–Kier alpha value is -0.0800. The molecule has 1 saturated carbocycles. The van der Waals surface area contributed by atoms with Crippen molar-refractivity contribution in [2.75, 3.05) is 19.6 Å². The molecule has 1 aliphatic heterocycles. The molecule has 2 fully saturated rings. The summed E-state index contributed by atoms with van der Waals surface area (Å²) in [6, 6.07) is 0.790. The Morgan fingerprint density at radius 2 is 1.75 bits per heavy atom. The van der Waals surface area contributed by atoms with E-state index < -0.39 is 0 Å². The molecule has 0 spiro atoms. The van der Waals surface area contributed by atoms with Crippen LogP contribution < -0.4 is 5.32 Å². The summed E-state index contributed by atoms with van der Waals surface area (Å²) in [6.07, 6.45) is 6.83. The Balaban J connectivity index is 2.00. The average molecular weight is 224 g/mol. The molecule has 1 atom stereocenters. The van der Waals surface area contributed by atoms with Crippen LogP contribution in [0, 0.1) is 5.92 Å². The summed E-state index contributed by atoms with van der Waals surface area (Å²) in [7, 11) is 0. The first-order valence-corrected chi connectivity index (χ1v) is 7.24. The third kappa shape index (κ3) is 2.28. The van der Waals surface area contributed by atoms with Gasteiger partial charge in [-0.25, -0.2) is 0 Å². The summed E-state index contributed by atoms with van der Waals surface area (Å²) in [4.78, 5) is 2.78. The van der Waals surface area contributed by atoms with Crippen molar-refractivity contribution in [1.82, 2.24) is 10.2 Å². The molecule has 0 aromatic carbocycles. The second-order valence-electron chi connectivity index (χ2n) is 5.63. The number of piperazine rings is 1. The molecule has 1 aliphatic carbocycles. The van der Waals surface area contributed by atoms with Crippen LogP contribution in [0.2, 0.25) is 0 Å². The standard InChI is InChI=1S/C14H28N2/c1-4-14(5-2,6-3)16-10-9-15-13(11-16)12-7-8-12/h12-13,15H,4-11H2,1-3H3. The van der Waals surface area contributed by atoms with Crippen LogP contribution in [-0.4, -0.2) is 36.1 Å². The molecule has 1 unspecified atom stereocenters. The lowest BCUT2D eigenvalue weighted by Crippen LogP contribution is -2.59. The molecule has 0 aromatic heterocycles. The molecule has 1 saturated heterocycles. The second kappa shape index (κ2) is 5.05. The van der Waals surface area contributed by atoms with Crippen LogP contribution in [0.25, 0.3) is 0 Å². The summed E-state index contributed by atoms with van der Waals surface area (Å²) >= 11 is 0. The van der Waals surface area contributed by atoms with Crippen LogP contribution in [0.5, 0.6) is 0 Å². The van der Waals surface area contributed by atoms with E-state index in [1.807, 2.05) is 0 Å². The van der Waals surface area contributed by atoms with Crippen molar-refractivity contribution in [3.63, 3.8) is 0 Å². The molecule has 1 heterocycles. The Kier molecular flexibility index (Phi) is 3.91. The van der Waals surface area contributed by atoms with Gasteiger partial charge < -0.3 is 5.32 Å². The molecule has 2 rings (SSSR count). The fraction of sp³-hybridized carbons (Fsp3) is 1.00. The van der Waals surface area contributed by atoms with E-state index in [1.165, 1.54) is 51.7 Å². The number of rotatable bonds is 5. The van der Waals surface area contributed by atoms with Gasteiger partial charge in [-0.3, -0.25) is 4.90 Å². The van der Waals surface area contributed by atoms with Crippen molar-refractivity contribution in [2.24, 2.45) is 5.92 Å². The van der Waals surface area contributed by atoms with Crippen molar-refractivity contribution < 1.29 is 0 Å². The maximum atomic E-state index is 3.71. The van der Waals surface area contributed by atoms with E-state index in [0.29, 0.717) is 5.54 Å². The van der Waals surface area contributed by atoms with Crippen LogP contribution in [0.1, 0.15) is 52.9 Å². The normalized spacial score (nSPS) is 28.3. The fourth-order valence-electron chi connectivity index (χ4n) is 3.44. The van der Waals surface area contributed by atoms with E-state index in [4.69, 9.17) is 0 Å². The zero-order valence-electron chi connectivity index (χ0n) is 11.3. The predicted molar refractivity (Wildman–Crippen MR) is 69.7 cm³/mol. The largest absolute Gasteiger partial charge is 0.311 e. The van der Waals surface area contributed by atoms with Crippen molar-refractivity contribution in [3.8, 4) is 0 Å². The molecule has 0 aromatic rings. The molecule has 1 N–H and O–H groups in total. The van der Waals surface area contributed by atoms with E-state index in [2.05, 4.69) is 31.0 Å². The number of nitrogens with zero attached hydrogens (tertiary/aromatic N) is 1. The first-order chi connectivity index (χ1) is 7.75. The molecule has 2 nitrogen and oxygen atoms in total. The highest BCUT2D eigenvalue weighted by molar-refractivity contribution is 4.97. The maximum Gasteiger partial charge on any atom is 0.0224 e. The smallest absolute Gasteiger partial charge is 0.0224 e. The second-order valence-corrected chi connectivity index (χ2v) is 5.63. The molecule has 0 bridgehead atoms. The van der Waals surface area contributed by atoms with Gasteiger partial charge in [-0.2, -0.15) is 0 Å². The lowest BCUT2D eigenvalue weighted by molar-refractivity contribution is 0.0410. The van der Waals surface area contributed by atoms with Gasteiger partial charge in [0.15, 0.2) is 0 Å². The molecule has 16 heavy (non-hydrogen) atoms. The van der Waals surface area contributed by atoms with Gasteiger partial charge in [0.05, 0.1) is 0 Å². The molecule has 2 heteroatoms. The number of hydrogen-bond donors (Lipinski definition) is 1. The van der Waals surface area contributed by atoms with Gasteiger partial charge >= 0.3 is 0 Å². The van der Waals surface area contributed by atoms with Gasteiger partial charge in [-0.05, 0) is 38.0 Å². The molecule has 0 radical (unpaired) electrons. The van der Waals surface area contributed by atoms with E-state index in [1.54, 1.807) is 0 Å². The van der Waals surface area contributed by atoms with E-state index in [9.17, 15) is 0 Å². The Morgan fingerprint density at radius 1 is 1.12 bits per heavy atom. The fourth-order valence-corrected chi connectivity index (χ4v) is 3.44. The molecule has 2 aliphatic rings. The zero-order valence-corrected chi connectivity index (χ0v) is 11.3. The molecular formula is C14H28N2. The van der Waals surface area contributed by atoms with Crippen molar-refractivity contribution in [1.29, 1.82) is 0 Å². The Labute approximate surface area is 101 Å². The highest BCUT2D eigenvalue weighted by Gasteiger charge is 2.39. The minimum absolute atomic E-state index is 0.481. The molecular weight excluding hydrogens is 196 g/mol. The summed E-state index contributed by atoms with van der Waals surface area (Å²) < 4.78 is 0. The molecule has 0 amide bonds. The van der Waals surface area contributed by atoms with E-state index in [-0.39, 0.29) is 0 Å². The number of nitrogens with one attached hydrogen (secondary N) is 1. The lowest BCUT2D eigenvalue weighted by Gasteiger charge is -2.47. The minimum Gasteiger partial charge on any atom is -0.311 e. The van der Waals surface area contributed by atoms with Gasteiger partial charge in [-0.1, -0.05) is 20.8 Å². The van der Waals surface area contributed by atoms with Crippen LogP contribution in [-0.2, 0) is 0 Å². The summed E-state index contributed by atoms with van der Waals surface area (Å²) in [5.74, 6) is 0.992. The predicted octanol–water partition coefficient (Wildman–Crippen LogP) is 2.64. The van der Waals surface area contributed by atoms with Crippen molar-refractivity contribution in [2.45, 2.75) is 64.5 Å². The van der Waals surface area contributed by atoms with Crippen molar-refractivity contribution in [3.05, 3.63) is 0 Å². The third-order valence-corrected chi connectivity index (χ3v) is 5.04. The first-order valence-electron chi connectivity index (χ1n) is 7.24. The van der Waals surface area contributed by atoms with E-state index in [0.717, 1.165) is 12.0 Å². The zero-order chi connectivity index (χ0) is 11.6. The van der Waals surface area contributed by atoms with Gasteiger partial charge in [0.1, 0.15) is 0 Å². The summed E-state index contributed by atoms with van der Waals surface area (Å²) in [5.41, 5.74) is 0.481. The quantitative estimate of drug-likeness (QED) is 0.772. The SMILES string of the molecule is CCC(CC)(CC)N1CCNC(C2CC2)C1. The lowest BCUT2D eigenvalue weighted by atomic mass is 9.86. The van der Waals surface area contributed by atoms with Crippen LogP contribution in [0.3, 0.4) is 0 Å². The Morgan fingerprint density at radius 3 is 2.25 bits per heavy atom. The van der Waals surface area contributed by atoms with Gasteiger partial charge in [0, 0.05) is 31.2 Å². The highest BCUT2D eigenvalue weighted by atomic mass is 15.3. The molecule has 94 valence electrons. The maximum absolute atomic E-state index is 3.71. The van der Waals surface area contributed by atoms with Gasteiger partial charge in [-0.15, -0.1) is 0 Å². The first kappa shape index (κ1) is 12.4. The van der Waals surface area contributed by atoms with Gasteiger partial charge in [0.25, 0.3) is 0 Å². The number of hydrogen-bond acceptors (Lipinski definition) is 2. The average Bonchev–Trinajstić information content (AvgIpc) is 3.17. The monoisotopic (exact) mass is 224 g/mol. The third-order valence-electron chi connectivity index (χ3n) is 5.04. The van der Waals surface area contributed by atoms with Crippen molar-refractivity contribution >= 4 is 0 Å². The summed E-state index contributed by atoms with van der Waals surface area (Å²) in [5, 5.41) is 3.71.